The fourth-order valence-electron chi connectivity index (χ4n) is 13.3. The van der Waals surface area contributed by atoms with Gasteiger partial charge in [-0.25, -0.2) is 15.0 Å². The van der Waals surface area contributed by atoms with Crippen LogP contribution in [0.5, 0.6) is 0 Å². The van der Waals surface area contributed by atoms with Crippen LogP contribution < -0.4 is 20.4 Å². The number of aromatic nitrogens is 4. The van der Waals surface area contributed by atoms with E-state index in [4.69, 9.17) is 9.97 Å². The first-order valence-electron chi connectivity index (χ1n) is 26.9. The number of nitrogens with zero attached hydrogens (tertiary/aromatic N) is 9. The number of benzene rings is 1. The number of anilines is 3. The Balaban J connectivity index is 0.721. The average molecular weight is 964 g/mol. The van der Waals surface area contributed by atoms with Gasteiger partial charge in [0.25, 0.3) is 0 Å². The zero-order chi connectivity index (χ0) is 48.7. The third-order valence-electron chi connectivity index (χ3n) is 17.8. The van der Waals surface area contributed by atoms with Crippen molar-refractivity contribution >= 4 is 57.9 Å². The Morgan fingerprint density at radius 3 is 2.30 bits per heavy atom. The van der Waals surface area contributed by atoms with E-state index >= 15 is 4.79 Å². The predicted octanol–water partition coefficient (Wildman–Crippen LogP) is 6.40. The fourth-order valence-corrected chi connectivity index (χ4v) is 13.3. The molecule has 7 fully saturated rings. The Morgan fingerprint density at radius 2 is 1.59 bits per heavy atom. The van der Waals surface area contributed by atoms with E-state index in [-0.39, 0.29) is 65.3 Å². The molecule has 16 nitrogen and oxygen atoms in total. The maximum Gasteiger partial charge on any atom is 0.238 e. The van der Waals surface area contributed by atoms with Crippen molar-refractivity contribution in [2.75, 3.05) is 67.5 Å². The topological polar surface area (TPSA) is 169 Å². The monoisotopic (exact) mass is 964 g/mol. The summed E-state index contributed by atoms with van der Waals surface area (Å²) in [4.78, 5) is 93.6. The molecular weight excluding hydrogens is 895 g/mol. The number of rotatable bonds is 10. The van der Waals surface area contributed by atoms with Crippen LogP contribution in [0.1, 0.15) is 127 Å². The molecule has 1 aromatic carbocycles. The summed E-state index contributed by atoms with van der Waals surface area (Å²) in [5.41, 5.74) is 5.96. The van der Waals surface area contributed by atoms with Crippen LogP contribution in [0.4, 0.5) is 17.3 Å². The van der Waals surface area contributed by atoms with E-state index in [2.05, 4.69) is 79.9 Å². The minimum absolute atomic E-state index is 0.0377. The van der Waals surface area contributed by atoms with Crippen LogP contribution in [0.25, 0.3) is 22.3 Å². The Morgan fingerprint density at radius 1 is 0.817 bits per heavy atom. The average Bonchev–Trinajstić information content (AvgIpc) is 3.86. The van der Waals surface area contributed by atoms with Gasteiger partial charge in [0.2, 0.25) is 29.5 Å². The molecule has 4 aromatic rings. The maximum absolute atomic E-state index is 15.3. The number of pyridine rings is 2. The van der Waals surface area contributed by atoms with Crippen LogP contribution in [-0.4, -0.2) is 134 Å². The van der Waals surface area contributed by atoms with Crippen molar-refractivity contribution in [3.05, 3.63) is 60.0 Å². The number of nitrogens with one attached hydrogen (secondary N) is 2. The van der Waals surface area contributed by atoms with Crippen molar-refractivity contribution in [2.24, 2.45) is 17.8 Å². The van der Waals surface area contributed by atoms with Gasteiger partial charge in [-0.05, 0) is 133 Å². The lowest BCUT2D eigenvalue weighted by Gasteiger charge is -2.48. The predicted molar refractivity (Wildman–Crippen MR) is 271 cm³/mol. The summed E-state index contributed by atoms with van der Waals surface area (Å²) < 4.78 is 2.19. The molecule has 2 N–H and O–H groups in total. The number of imidazole rings is 1. The van der Waals surface area contributed by atoms with Crippen molar-refractivity contribution in [3.63, 3.8) is 0 Å². The van der Waals surface area contributed by atoms with Crippen LogP contribution >= 0.6 is 0 Å². The highest BCUT2D eigenvalue weighted by atomic mass is 16.2. The lowest BCUT2D eigenvalue weighted by Crippen LogP contribution is -2.58. The Hall–Kier alpha value is -5.90. The van der Waals surface area contributed by atoms with E-state index in [0.717, 1.165) is 89.5 Å². The summed E-state index contributed by atoms with van der Waals surface area (Å²) in [7, 11) is 0. The molecule has 71 heavy (non-hydrogen) atoms. The number of likely N-dealkylation sites (tertiary alicyclic amines) is 3. The standard InChI is InChI=1S/C55H69N11O5/c1-33(2)65-32-57-45-28-44(59-50(49(45)65)58-38-9-10-38)36-7-12-43-46(25-36)66(40-26-39(27-40)61-19-5-4-6-20-61)54(71)55(43)17-23-63(24-18-55)53(70)42-31-64(30-34(42)3)52(69)35-15-21-62(22-16-35)47-13-8-37(29-56-47)41-11-14-48(67)60-51(41)68/h7-8,12-13,25,28-29,32-35,38-42H,4-6,9-11,14-24,26-27,30-31H2,1-3H3,(H,58,59)(H,60,67,68)/t34-,39?,40?,41-,42+/m1/s1. The zero-order valence-corrected chi connectivity index (χ0v) is 41.7. The molecule has 1 spiro atoms. The van der Waals surface area contributed by atoms with Crippen LogP contribution in [-0.2, 0) is 29.4 Å². The second-order valence-corrected chi connectivity index (χ2v) is 22.6. The maximum atomic E-state index is 15.3. The molecule has 12 rings (SSSR count). The van der Waals surface area contributed by atoms with Gasteiger partial charge in [-0.2, -0.15) is 0 Å². The number of imide groups is 1. The Bertz CT molecular complexity index is 2740. The fraction of sp³-hybridized carbons (Fsp3) is 0.600. The molecule has 2 aliphatic carbocycles. The van der Waals surface area contributed by atoms with Crippen molar-refractivity contribution in [2.45, 2.75) is 140 Å². The summed E-state index contributed by atoms with van der Waals surface area (Å²) in [6.07, 6.45) is 15.1. The SMILES string of the molecule is CC(C)n1cnc2cc(-c3ccc4c(c3)N(C3CC(N5CCCCC5)C3)C(=O)C43CCN(C(=O)[C@H]4CN(C(=O)C5CCN(c6ccc([C@H]7CCC(=O)NC7=O)cn6)CC5)C[C@H]4C)CC3)nc(NC3CC3)c21. The van der Waals surface area contributed by atoms with E-state index in [0.29, 0.717) is 89.9 Å². The molecule has 16 heteroatoms. The molecule has 2 saturated carbocycles. The number of hydrogen-bond donors (Lipinski definition) is 2. The second-order valence-electron chi connectivity index (χ2n) is 22.6. The Labute approximate surface area is 416 Å². The van der Waals surface area contributed by atoms with Crippen molar-refractivity contribution in [1.82, 2.24) is 39.5 Å². The van der Waals surface area contributed by atoms with Gasteiger partial charge in [-0.15, -0.1) is 0 Å². The molecule has 3 aromatic heterocycles. The van der Waals surface area contributed by atoms with Gasteiger partial charge in [-0.1, -0.05) is 31.5 Å². The van der Waals surface area contributed by atoms with Gasteiger partial charge in [0.05, 0.1) is 34.8 Å². The zero-order valence-electron chi connectivity index (χ0n) is 41.7. The number of amides is 5. The molecule has 0 bridgehead atoms. The molecule has 3 atom stereocenters. The van der Waals surface area contributed by atoms with E-state index < -0.39 is 5.41 Å². The van der Waals surface area contributed by atoms with Gasteiger partial charge in [-0.3, -0.25) is 29.3 Å². The molecule has 6 aliphatic heterocycles. The first kappa shape index (κ1) is 46.2. The Kier molecular flexibility index (Phi) is 11.9. The van der Waals surface area contributed by atoms with Crippen molar-refractivity contribution in [3.8, 4) is 11.3 Å². The number of piperidine rings is 4. The van der Waals surface area contributed by atoms with E-state index in [1.807, 2.05) is 28.3 Å². The van der Waals surface area contributed by atoms with Gasteiger partial charge in [0, 0.05) is 93.2 Å². The summed E-state index contributed by atoms with van der Waals surface area (Å²) >= 11 is 0. The smallest absolute Gasteiger partial charge is 0.238 e. The van der Waals surface area contributed by atoms with Crippen LogP contribution in [0, 0.1) is 17.8 Å². The normalized spacial score (nSPS) is 27.2. The molecule has 5 amide bonds. The number of carbonyl (C=O) groups is 5. The molecule has 0 radical (unpaired) electrons. The molecule has 8 aliphatic rings. The quantitative estimate of drug-likeness (QED) is 0.169. The first-order valence-corrected chi connectivity index (χ1v) is 26.9. The summed E-state index contributed by atoms with van der Waals surface area (Å²) in [5.74, 6) is 0.876. The molecule has 0 unspecified atom stereocenters. The lowest BCUT2D eigenvalue weighted by molar-refractivity contribution is -0.140. The summed E-state index contributed by atoms with van der Waals surface area (Å²) in [6, 6.07) is 13.8. The molecule has 5 saturated heterocycles. The van der Waals surface area contributed by atoms with E-state index in [1.165, 1.54) is 19.3 Å². The molecule has 9 heterocycles. The third kappa shape index (κ3) is 8.35. The van der Waals surface area contributed by atoms with Crippen molar-refractivity contribution < 1.29 is 24.0 Å². The number of hydrogen-bond acceptors (Lipinski definition) is 11. The van der Waals surface area contributed by atoms with Crippen molar-refractivity contribution in [1.29, 1.82) is 0 Å². The van der Waals surface area contributed by atoms with Gasteiger partial charge in [0.15, 0.2) is 5.82 Å². The van der Waals surface area contributed by atoms with Crippen LogP contribution in [0.15, 0.2) is 48.9 Å². The van der Waals surface area contributed by atoms with E-state index in [1.54, 1.807) is 6.20 Å². The minimum Gasteiger partial charge on any atom is -0.366 e. The van der Waals surface area contributed by atoms with Crippen LogP contribution in [0.2, 0.25) is 0 Å². The lowest BCUT2D eigenvalue weighted by atomic mass is 9.73. The summed E-state index contributed by atoms with van der Waals surface area (Å²) in [6.45, 7) is 12.1. The van der Waals surface area contributed by atoms with Gasteiger partial charge in [0.1, 0.15) is 11.3 Å². The number of carbonyl (C=O) groups excluding carboxylic acids is 5. The van der Waals surface area contributed by atoms with Gasteiger partial charge >= 0.3 is 0 Å². The molecule has 374 valence electrons. The first-order chi connectivity index (χ1) is 34.4. The van der Waals surface area contributed by atoms with Gasteiger partial charge < -0.3 is 34.4 Å². The highest BCUT2D eigenvalue weighted by molar-refractivity contribution is 6.09. The molecular formula is C55H69N11O5. The largest absolute Gasteiger partial charge is 0.366 e. The second kappa shape index (κ2) is 18.3. The number of fused-ring (bicyclic) bond motifs is 3. The van der Waals surface area contributed by atoms with Crippen LogP contribution in [0.3, 0.4) is 0 Å². The highest BCUT2D eigenvalue weighted by Gasteiger charge is 2.56. The van der Waals surface area contributed by atoms with E-state index in [9.17, 15) is 19.2 Å². The highest BCUT2D eigenvalue weighted by Crippen LogP contribution is 2.52. The summed E-state index contributed by atoms with van der Waals surface area (Å²) in [5, 5.41) is 6.13. The third-order valence-corrected chi connectivity index (χ3v) is 17.8. The minimum atomic E-state index is -0.698.